The van der Waals surface area contributed by atoms with Crippen molar-refractivity contribution in [1.82, 2.24) is 15.5 Å². The zero-order chi connectivity index (χ0) is 14.2. The van der Waals surface area contributed by atoms with Crippen LogP contribution in [0.15, 0.2) is 36.7 Å². The summed E-state index contributed by atoms with van der Waals surface area (Å²) in [5.74, 6) is 6.15. The highest BCUT2D eigenvalue weighted by molar-refractivity contribution is 5.41. The summed E-state index contributed by atoms with van der Waals surface area (Å²) in [6.45, 7) is 3.38. The fourth-order valence-corrected chi connectivity index (χ4v) is 1.65. The predicted octanol–water partition coefficient (Wildman–Crippen LogP) is 2.06. The molecule has 0 saturated heterocycles. The molecule has 1 heterocycles. The summed E-state index contributed by atoms with van der Waals surface area (Å²) in [5.41, 5.74) is 3.03. The first-order valence-electron chi connectivity index (χ1n) is 6.48. The Morgan fingerprint density at radius 2 is 2.00 bits per heavy atom. The van der Waals surface area contributed by atoms with Crippen molar-refractivity contribution in [3.05, 3.63) is 53.3 Å². The van der Waals surface area contributed by atoms with Crippen LogP contribution in [0.4, 0.5) is 0 Å². The molecule has 0 spiro atoms. The fraction of sp³-hybridized carbons (Fsp3) is 0.250. The minimum absolute atomic E-state index is 0.0371. The summed E-state index contributed by atoms with van der Waals surface area (Å²) in [6, 6.07) is 10.3. The van der Waals surface area contributed by atoms with Gasteiger partial charge in [0.1, 0.15) is 0 Å². The number of benzene rings is 1. The van der Waals surface area contributed by atoms with Crippen molar-refractivity contribution in [3.63, 3.8) is 0 Å². The van der Waals surface area contributed by atoms with Gasteiger partial charge in [-0.15, -0.1) is 0 Å². The number of rotatable bonds is 4. The number of hydrogen-bond donors (Lipinski definition) is 2. The van der Waals surface area contributed by atoms with E-state index in [1.165, 1.54) is 5.56 Å². The Morgan fingerprint density at radius 3 is 2.65 bits per heavy atom. The second-order valence-corrected chi connectivity index (χ2v) is 4.59. The fourth-order valence-electron chi connectivity index (χ4n) is 1.65. The van der Waals surface area contributed by atoms with E-state index in [-0.39, 0.29) is 5.92 Å². The predicted molar refractivity (Wildman–Crippen MR) is 77.5 cm³/mol. The molecule has 1 aromatic carbocycles. The Labute approximate surface area is 118 Å². The quantitative estimate of drug-likeness (QED) is 0.831. The number of aromatic amines is 1. The van der Waals surface area contributed by atoms with Crippen LogP contribution >= 0.6 is 0 Å². The molecular formula is C16H16N4. The van der Waals surface area contributed by atoms with Crippen LogP contribution in [0.2, 0.25) is 0 Å². The van der Waals surface area contributed by atoms with Gasteiger partial charge in [0.2, 0.25) is 0 Å². The molecule has 0 aliphatic carbocycles. The molecule has 0 bridgehead atoms. The van der Waals surface area contributed by atoms with Gasteiger partial charge in [0.25, 0.3) is 0 Å². The molecule has 20 heavy (non-hydrogen) atoms. The molecule has 0 aliphatic rings. The zero-order valence-electron chi connectivity index (χ0n) is 11.4. The number of nitrogens with zero attached hydrogens (tertiary/aromatic N) is 2. The minimum atomic E-state index is 0.0371. The van der Waals surface area contributed by atoms with Crippen LogP contribution in [-0.4, -0.2) is 16.7 Å². The third-order valence-electron chi connectivity index (χ3n) is 2.80. The van der Waals surface area contributed by atoms with Crippen LogP contribution in [0.1, 0.15) is 23.6 Å². The van der Waals surface area contributed by atoms with E-state index >= 15 is 0 Å². The lowest BCUT2D eigenvalue weighted by molar-refractivity contribution is 0.602. The van der Waals surface area contributed by atoms with Crippen LogP contribution < -0.4 is 5.32 Å². The van der Waals surface area contributed by atoms with Crippen molar-refractivity contribution in [2.75, 3.05) is 6.54 Å². The van der Waals surface area contributed by atoms with Crippen molar-refractivity contribution < 1.29 is 0 Å². The molecule has 1 aromatic heterocycles. The third kappa shape index (κ3) is 4.28. The van der Waals surface area contributed by atoms with E-state index in [9.17, 15) is 0 Å². The smallest absolute Gasteiger partial charge is 0.0666 e. The molecule has 4 nitrogen and oxygen atoms in total. The number of nitrogens with one attached hydrogen (secondary N) is 2. The molecule has 2 N–H and O–H groups in total. The summed E-state index contributed by atoms with van der Waals surface area (Å²) in [7, 11) is 0. The van der Waals surface area contributed by atoms with Crippen LogP contribution in [-0.2, 0) is 6.54 Å². The van der Waals surface area contributed by atoms with Gasteiger partial charge in [-0.25, -0.2) is 0 Å². The summed E-state index contributed by atoms with van der Waals surface area (Å²) < 4.78 is 0. The Morgan fingerprint density at radius 1 is 1.25 bits per heavy atom. The summed E-state index contributed by atoms with van der Waals surface area (Å²) in [5, 5.41) is 18.5. The van der Waals surface area contributed by atoms with Crippen LogP contribution in [0, 0.1) is 29.1 Å². The highest BCUT2D eigenvalue weighted by Gasteiger charge is 1.98. The van der Waals surface area contributed by atoms with Crippen molar-refractivity contribution in [2.45, 2.75) is 13.5 Å². The molecule has 4 heteroatoms. The molecule has 100 valence electrons. The van der Waals surface area contributed by atoms with Crippen molar-refractivity contribution in [1.29, 1.82) is 5.26 Å². The molecule has 1 unspecified atom stereocenters. The topological polar surface area (TPSA) is 64.5 Å². The average molecular weight is 264 g/mol. The second-order valence-electron chi connectivity index (χ2n) is 4.59. The minimum Gasteiger partial charge on any atom is -0.311 e. The molecule has 0 saturated carbocycles. The van der Waals surface area contributed by atoms with Gasteiger partial charge in [-0.05, 0) is 24.6 Å². The maximum Gasteiger partial charge on any atom is 0.0666 e. The normalized spacial score (nSPS) is 11.2. The summed E-state index contributed by atoms with van der Waals surface area (Å²) >= 11 is 0. The van der Waals surface area contributed by atoms with Crippen LogP contribution in [0.3, 0.4) is 0 Å². The maximum absolute atomic E-state index is 8.69. The van der Waals surface area contributed by atoms with E-state index in [2.05, 4.69) is 33.4 Å². The van der Waals surface area contributed by atoms with Crippen molar-refractivity contribution in [3.8, 4) is 17.9 Å². The van der Waals surface area contributed by atoms with Gasteiger partial charge in [-0.1, -0.05) is 24.0 Å². The lowest BCUT2D eigenvalue weighted by Crippen LogP contribution is -2.19. The Kier molecular flexibility index (Phi) is 4.94. The molecule has 0 amide bonds. The number of hydrogen-bond acceptors (Lipinski definition) is 3. The van der Waals surface area contributed by atoms with E-state index in [0.717, 1.165) is 17.7 Å². The summed E-state index contributed by atoms with van der Waals surface area (Å²) in [6.07, 6.45) is 3.46. The largest absolute Gasteiger partial charge is 0.311 e. The first-order chi connectivity index (χ1) is 9.78. The molecule has 1 atom stereocenters. The average Bonchev–Trinajstić information content (AvgIpc) is 2.99. The third-order valence-corrected chi connectivity index (χ3v) is 2.80. The molecule has 0 aliphatic heterocycles. The lowest BCUT2D eigenvalue weighted by Gasteiger charge is -2.05. The van der Waals surface area contributed by atoms with E-state index in [4.69, 9.17) is 5.26 Å². The molecular weight excluding hydrogens is 248 g/mol. The van der Waals surface area contributed by atoms with E-state index in [1.54, 1.807) is 12.4 Å². The highest BCUT2D eigenvalue weighted by Crippen LogP contribution is 2.04. The van der Waals surface area contributed by atoms with Crippen LogP contribution in [0.5, 0.6) is 0 Å². The van der Waals surface area contributed by atoms with Gasteiger partial charge < -0.3 is 5.32 Å². The Balaban J connectivity index is 1.88. The molecule has 0 radical (unpaired) electrons. The molecule has 0 fully saturated rings. The van der Waals surface area contributed by atoms with Gasteiger partial charge >= 0.3 is 0 Å². The van der Waals surface area contributed by atoms with Gasteiger partial charge in [0, 0.05) is 24.8 Å². The second kappa shape index (κ2) is 7.13. The number of aromatic nitrogens is 2. The lowest BCUT2D eigenvalue weighted by atomic mass is 10.1. The first kappa shape index (κ1) is 13.9. The van der Waals surface area contributed by atoms with Gasteiger partial charge in [-0.3, -0.25) is 5.10 Å². The zero-order valence-corrected chi connectivity index (χ0v) is 11.4. The monoisotopic (exact) mass is 264 g/mol. The maximum atomic E-state index is 8.69. The Bertz CT molecular complexity index is 624. The SMILES string of the molecule is CC(C#N)CNCc1ccc(C#Cc2cn[nH]c2)cc1. The number of nitriles is 1. The molecule has 2 aromatic rings. The van der Waals surface area contributed by atoms with Gasteiger partial charge in [0.05, 0.1) is 23.7 Å². The number of H-pyrrole nitrogens is 1. The van der Waals surface area contributed by atoms with Crippen molar-refractivity contribution >= 4 is 0 Å². The Hall–Kier alpha value is -2.56. The van der Waals surface area contributed by atoms with Gasteiger partial charge in [0.15, 0.2) is 0 Å². The summed E-state index contributed by atoms with van der Waals surface area (Å²) in [4.78, 5) is 0. The van der Waals surface area contributed by atoms with Crippen molar-refractivity contribution in [2.24, 2.45) is 5.92 Å². The highest BCUT2D eigenvalue weighted by atomic mass is 15.1. The first-order valence-corrected chi connectivity index (χ1v) is 6.48. The van der Waals surface area contributed by atoms with E-state index in [1.807, 2.05) is 31.2 Å². The molecule has 2 rings (SSSR count). The standard InChI is InChI=1S/C16H16N4/c1-13(8-17)9-18-10-15-5-2-14(3-6-15)4-7-16-11-19-20-12-16/h2-3,5-6,11-13,18H,9-10H2,1H3,(H,19,20). The van der Waals surface area contributed by atoms with Gasteiger partial charge in [-0.2, -0.15) is 10.4 Å². The van der Waals surface area contributed by atoms with E-state index in [0.29, 0.717) is 6.54 Å². The van der Waals surface area contributed by atoms with Crippen LogP contribution in [0.25, 0.3) is 0 Å². The van der Waals surface area contributed by atoms with E-state index < -0.39 is 0 Å².